The van der Waals surface area contributed by atoms with Crippen molar-refractivity contribution < 1.29 is 9.90 Å². The summed E-state index contributed by atoms with van der Waals surface area (Å²) in [6.45, 7) is 1.76. The number of carbonyl (C=O) groups excluding carboxylic acids is 1. The van der Waals surface area contributed by atoms with Crippen LogP contribution in [0.3, 0.4) is 0 Å². The fourth-order valence-electron chi connectivity index (χ4n) is 2.79. The van der Waals surface area contributed by atoms with E-state index in [0.717, 1.165) is 16.4 Å². The van der Waals surface area contributed by atoms with Gasteiger partial charge in [0.2, 0.25) is 5.88 Å². The molecule has 0 aliphatic rings. The van der Waals surface area contributed by atoms with Crippen molar-refractivity contribution in [3.05, 3.63) is 65.9 Å². The van der Waals surface area contributed by atoms with Crippen LogP contribution in [-0.2, 0) is 0 Å². The van der Waals surface area contributed by atoms with E-state index < -0.39 is 5.91 Å². The quantitative estimate of drug-likeness (QED) is 0.524. The molecule has 2 aromatic heterocycles. The van der Waals surface area contributed by atoms with E-state index in [4.69, 9.17) is 0 Å². The zero-order chi connectivity index (χ0) is 17.4. The Morgan fingerprint density at radius 2 is 1.88 bits per heavy atom. The second-order valence-corrected chi connectivity index (χ2v) is 5.69. The summed E-state index contributed by atoms with van der Waals surface area (Å²) in [4.78, 5) is 19.7. The van der Waals surface area contributed by atoms with Gasteiger partial charge in [-0.25, -0.2) is 0 Å². The molecule has 6 nitrogen and oxygen atoms in total. The van der Waals surface area contributed by atoms with E-state index in [0.29, 0.717) is 16.6 Å². The number of aromatic hydroxyl groups is 1. The maximum atomic E-state index is 12.5. The largest absolute Gasteiger partial charge is 0.493 e. The Labute approximate surface area is 142 Å². The number of amides is 1. The van der Waals surface area contributed by atoms with Crippen molar-refractivity contribution in [1.29, 1.82) is 0 Å². The number of aryl methyl sites for hydroxylation is 1. The molecule has 0 aliphatic carbocycles. The first-order valence-corrected chi connectivity index (χ1v) is 7.75. The van der Waals surface area contributed by atoms with Crippen molar-refractivity contribution in [3.8, 4) is 5.88 Å². The Bertz CT molecular complexity index is 1140. The summed E-state index contributed by atoms with van der Waals surface area (Å²) in [5.74, 6) is -0.619. The molecule has 0 unspecified atom stereocenters. The van der Waals surface area contributed by atoms with Crippen molar-refractivity contribution in [1.82, 2.24) is 9.97 Å². The normalized spacial score (nSPS) is 11.6. The summed E-state index contributed by atoms with van der Waals surface area (Å²) in [5, 5.41) is 19.3. The number of benzene rings is 2. The molecule has 2 aromatic carbocycles. The Morgan fingerprint density at radius 3 is 2.76 bits per heavy atom. The van der Waals surface area contributed by atoms with Crippen LogP contribution in [0.15, 0.2) is 64.8 Å². The van der Waals surface area contributed by atoms with Crippen LogP contribution in [0.5, 0.6) is 5.88 Å². The van der Waals surface area contributed by atoms with Crippen LogP contribution in [0.1, 0.15) is 16.1 Å². The van der Waals surface area contributed by atoms with Gasteiger partial charge >= 0.3 is 0 Å². The highest BCUT2D eigenvalue weighted by Gasteiger charge is 2.13. The van der Waals surface area contributed by atoms with Gasteiger partial charge in [0.15, 0.2) is 5.69 Å². The first kappa shape index (κ1) is 15.0. The minimum Gasteiger partial charge on any atom is -0.493 e. The first-order chi connectivity index (χ1) is 12.1. The molecule has 0 aliphatic heterocycles. The highest BCUT2D eigenvalue weighted by molar-refractivity contribution is 6.00. The molecule has 0 spiro atoms. The average molecular weight is 330 g/mol. The smallest absolute Gasteiger partial charge is 0.297 e. The van der Waals surface area contributed by atoms with Gasteiger partial charge in [-0.3, -0.25) is 9.78 Å². The van der Waals surface area contributed by atoms with Crippen molar-refractivity contribution in [2.75, 3.05) is 0 Å². The molecule has 0 atom stereocenters. The van der Waals surface area contributed by atoms with Crippen LogP contribution in [0.4, 0.5) is 5.69 Å². The monoisotopic (exact) mass is 330 g/mol. The van der Waals surface area contributed by atoms with Crippen LogP contribution in [0.2, 0.25) is 0 Å². The number of nitrogens with one attached hydrogen (secondary N) is 1. The molecule has 0 radical (unpaired) electrons. The van der Waals surface area contributed by atoms with Gasteiger partial charge in [0.1, 0.15) is 0 Å². The molecule has 0 bridgehead atoms. The third-order valence-electron chi connectivity index (χ3n) is 4.05. The highest BCUT2D eigenvalue weighted by atomic mass is 16.3. The summed E-state index contributed by atoms with van der Waals surface area (Å²) in [5.41, 5.74) is 2.77. The van der Waals surface area contributed by atoms with Gasteiger partial charge in [-0.2, -0.15) is 0 Å². The minimum absolute atomic E-state index is 0.119. The number of para-hydroxylation sites is 2. The Kier molecular flexibility index (Phi) is 3.50. The Balaban J connectivity index is 1.73. The first-order valence-electron chi connectivity index (χ1n) is 7.75. The number of pyridine rings is 1. The van der Waals surface area contributed by atoms with E-state index >= 15 is 0 Å². The van der Waals surface area contributed by atoms with Crippen LogP contribution in [-0.4, -0.2) is 21.0 Å². The summed E-state index contributed by atoms with van der Waals surface area (Å²) in [6.07, 6.45) is 0. The van der Waals surface area contributed by atoms with Crippen LogP contribution < -0.4 is 0 Å². The molecule has 4 rings (SSSR count). The Hall–Kier alpha value is -3.54. The lowest BCUT2D eigenvalue weighted by Crippen LogP contribution is -2.00. The number of hydrogen-bond acceptors (Lipinski definition) is 4. The van der Waals surface area contributed by atoms with Crippen LogP contribution in [0, 0.1) is 6.92 Å². The predicted octanol–water partition coefficient (Wildman–Crippen LogP) is 4.65. The molecule has 2 heterocycles. The molecule has 0 saturated carbocycles. The maximum Gasteiger partial charge on any atom is 0.297 e. The van der Waals surface area contributed by atoms with Gasteiger partial charge in [0, 0.05) is 10.8 Å². The zero-order valence-electron chi connectivity index (χ0n) is 13.4. The summed E-state index contributed by atoms with van der Waals surface area (Å²) in [7, 11) is 0. The van der Waals surface area contributed by atoms with Crippen molar-refractivity contribution >= 4 is 33.4 Å². The van der Waals surface area contributed by atoms with Gasteiger partial charge in [-0.15, -0.1) is 10.2 Å². The number of carbonyl (C=O) groups is 1. The summed E-state index contributed by atoms with van der Waals surface area (Å²) < 4.78 is 0. The second-order valence-electron chi connectivity index (χ2n) is 5.69. The van der Waals surface area contributed by atoms with Gasteiger partial charge in [-0.05, 0) is 25.1 Å². The van der Waals surface area contributed by atoms with E-state index in [1.54, 1.807) is 19.1 Å². The summed E-state index contributed by atoms with van der Waals surface area (Å²) in [6, 6.07) is 16.6. The number of hydrogen-bond donors (Lipinski definition) is 2. The zero-order valence-corrected chi connectivity index (χ0v) is 13.4. The number of rotatable bonds is 2. The lowest BCUT2D eigenvalue weighted by atomic mass is 10.1. The van der Waals surface area contributed by atoms with Gasteiger partial charge in [0.25, 0.3) is 5.91 Å². The van der Waals surface area contributed by atoms with Crippen LogP contribution >= 0.6 is 0 Å². The number of azo groups is 1. The van der Waals surface area contributed by atoms with Crippen molar-refractivity contribution in [2.24, 2.45) is 10.2 Å². The molecule has 122 valence electrons. The number of nitrogens with zero attached hydrogens (tertiary/aromatic N) is 3. The molecule has 1 amide bonds. The molecule has 25 heavy (non-hydrogen) atoms. The maximum absolute atomic E-state index is 12.5. The second kappa shape index (κ2) is 5.83. The lowest BCUT2D eigenvalue weighted by Gasteiger charge is -2.03. The van der Waals surface area contributed by atoms with Gasteiger partial charge < -0.3 is 10.1 Å². The van der Waals surface area contributed by atoms with E-state index in [-0.39, 0.29) is 11.6 Å². The number of aromatic amines is 1. The molecule has 0 saturated heterocycles. The highest BCUT2D eigenvalue weighted by Crippen LogP contribution is 2.35. The van der Waals surface area contributed by atoms with Gasteiger partial charge in [-0.1, -0.05) is 36.4 Å². The molecule has 2 N–H and O–H groups in total. The topological polar surface area (TPSA) is 90.7 Å². The van der Waals surface area contributed by atoms with E-state index in [1.165, 1.54) is 0 Å². The number of fused-ring (bicyclic) bond motifs is 2. The van der Waals surface area contributed by atoms with E-state index in [9.17, 15) is 9.90 Å². The average Bonchev–Trinajstić information content (AvgIpc) is 2.94. The van der Waals surface area contributed by atoms with Crippen molar-refractivity contribution in [3.63, 3.8) is 0 Å². The van der Waals surface area contributed by atoms with E-state index in [1.807, 2.05) is 42.5 Å². The van der Waals surface area contributed by atoms with Crippen LogP contribution in [0.25, 0.3) is 21.8 Å². The molecule has 0 fully saturated rings. The molecule has 4 aromatic rings. The molecular weight excluding hydrogens is 316 g/mol. The summed E-state index contributed by atoms with van der Waals surface area (Å²) >= 11 is 0. The third kappa shape index (κ3) is 2.63. The third-order valence-corrected chi connectivity index (χ3v) is 4.05. The van der Waals surface area contributed by atoms with E-state index in [2.05, 4.69) is 20.2 Å². The van der Waals surface area contributed by atoms with Crippen molar-refractivity contribution in [2.45, 2.75) is 6.92 Å². The lowest BCUT2D eigenvalue weighted by molar-refractivity contribution is 0.0994. The standard InChI is InChI=1S/C19H14N4O2/c1-11-14(10-12-6-2-4-8-15(12)20-11)18(24)23-22-17-13-7-3-5-9-16(13)21-19(17)25/h2-10,21,25H,1H3. The minimum atomic E-state index is -0.500. The SMILES string of the molecule is Cc1nc2ccccc2cc1C(=O)N=Nc1c(O)[nH]c2ccccc12. The number of aromatic nitrogens is 2. The fourth-order valence-corrected chi connectivity index (χ4v) is 2.79. The predicted molar refractivity (Wildman–Crippen MR) is 95.3 cm³/mol. The number of H-pyrrole nitrogens is 1. The molecular formula is C19H14N4O2. The Morgan fingerprint density at radius 1 is 1.12 bits per heavy atom. The fraction of sp³-hybridized carbons (Fsp3) is 0.0526. The van der Waals surface area contributed by atoms with Gasteiger partial charge in [0.05, 0.1) is 22.3 Å². The molecule has 6 heteroatoms.